The zero-order valence-corrected chi connectivity index (χ0v) is 15.4. The summed E-state index contributed by atoms with van der Waals surface area (Å²) in [4.78, 5) is 24.8. The van der Waals surface area contributed by atoms with Crippen molar-refractivity contribution in [1.29, 1.82) is 0 Å². The minimum atomic E-state index is -0.496. The van der Waals surface area contributed by atoms with Gasteiger partial charge in [-0.3, -0.25) is 10.1 Å². The van der Waals surface area contributed by atoms with Crippen LogP contribution in [0.3, 0.4) is 0 Å². The molecule has 0 spiro atoms. The maximum atomic E-state index is 12.0. The van der Waals surface area contributed by atoms with Crippen LogP contribution in [0.2, 0.25) is 0 Å². The van der Waals surface area contributed by atoms with Gasteiger partial charge in [0, 0.05) is 42.2 Å². The number of rotatable bonds is 5. The van der Waals surface area contributed by atoms with E-state index in [1.165, 1.54) is 18.3 Å². The van der Waals surface area contributed by atoms with Crippen LogP contribution in [0, 0.1) is 17.0 Å². The summed E-state index contributed by atoms with van der Waals surface area (Å²) in [7, 11) is 0. The van der Waals surface area contributed by atoms with Crippen molar-refractivity contribution in [1.82, 2.24) is 5.43 Å². The molecule has 0 bridgehead atoms. The van der Waals surface area contributed by atoms with Gasteiger partial charge in [0.15, 0.2) is 0 Å². The number of para-hydroxylation sites is 1. The summed E-state index contributed by atoms with van der Waals surface area (Å²) in [5.74, 6) is 0. The first kappa shape index (κ1) is 19.3. The van der Waals surface area contributed by atoms with Gasteiger partial charge in [-0.15, -0.1) is 0 Å². The Morgan fingerprint density at radius 2 is 2.00 bits per heavy atom. The third-order valence-electron chi connectivity index (χ3n) is 4.34. The van der Waals surface area contributed by atoms with Crippen molar-refractivity contribution in [2.24, 2.45) is 5.10 Å². The maximum Gasteiger partial charge on any atom is 0.339 e. The summed E-state index contributed by atoms with van der Waals surface area (Å²) in [5.41, 5.74) is 5.31. The lowest BCUT2D eigenvalue weighted by molar-refractivity contribution is -0.384. The van der Waals surface area contributed by atoms with Gasteiger partial charge in [0.05, 0.1) is 24.4 Å². The second kappa shape index (κ2) is 8.96. The summed E-state index contributed by atoms with van der Waals surface area (Å²) in [6, 6.07) is 11.5. The molecule has 0 aromatic heterocycles. The number of anilines is 2. The fourth-order valence-corrected chi connectivity index (χ4v) is 2.87. The van der Waals surface area contributed by atoms with E-state index in [0.717, 1.165) is 11.3 Å². The highest BCUT2D eigenvalue weighted by molar-refractivity contribution is 5.93. The maximum absolute atomic E-state index is 12.0. The SMILES string of the molecule is Cc1ccccc1NC(=O)NN=Cc1cc([N+](=O)[O-])ccc1N1CCOCC1. The highest BCUT2D eigenvalue weighted by Gasteiger charge is 2.17. The van der Waals surface area contributed by atoms with Gasteiger partial charge >= 0.3 is 6.03 Å². The fourth-order valence-electron chi connectivity index (χ4n) is 2.87. The molecular formula is C19H21N5O4. The average Bonchev–Trinajstić information content (AvgIpc) is 2.70. The normalized spacial score (nSPS) is 14.1. The minimum absolute atomic E-state index is 0.0391. The molecule has 0 unspecified atom stereocenters. The van der Waals surface area contributed by atoms with Crippen LogP contribution in [-0.2, 0) is 4.74 Å². The van der Waals surface area contributed by atoms with E-state index in [9.17, 15) is 14.9 Å². The number of non-ortho nitro benzene ring substituents is 1. The average molecular weight is 383 g/mol. The Hall–Kier alpha value is -3.46. The molecular weight excluding hydrogens is 362 g/mol. The topological polar surface area (TPSA) is 109 Å². The number of nitro groups is 1. The summed E-state index contributed by atoms with van der Waals surface area (Å²) in [6.07, 6.45) is 1.41. The number of nitro benzene ring substituents is 1. The lowest BCUT2D eigenvalue weighted by Crippen LogP contribution is -2.36. The van der Waals surface area contributed by atoms with E-state index in [1.807, 2.05) is 25.1 Å². The predicted octanol–water partition coefficient (Wildman–Crippen LogP) is 2.90. The molecule has 1 heterocycles. The zero-order chi connectivity index (χ0) is 19.9. The van der Waals surface area contributed by atoms with Gasteiger partial charge in [-0.1, -0.05) is 18.2 Å². The Balaban J connectivity index is 1.73. The molecule has 28 heavy (non-hydrogen) atoms. The number of urea groups is 1. The van der Waals surface area contributed by atoms with E-state index in [2.05, 4.69) is 20.7 Å². The number of hydrazone groups is 1. The zero-order valence-electron chi connectivity index (χ0n) is 15.4. The van der Waals surface area contributed by atoms with E-state index in [-0.39, 0.29) is 5.69 Å². The third-order valence-corrected chi connectivity index (χ3v) is 4.34. The van der Waals surface area contributed by atoms with Crippen molar-refractivity contribution in [2.45, 2.75) is 6.92 Å². The van der Waals surface area contributed by atoms with Crippen LogP contribution in [0.4, 0.5) is 21.9 Å². The molecule has 3 rings (SSSR count). The molecule has 1 fully saturated rings. The first-order valence-electron chi connectivity index (χ1n) is 8.81. The molecule has 0 radical (unpaired) electrons. The van der Waals surface area contributed by atoms with Gasteiger partial charge in [0.25, 0.3) is 5.69 Å². The molecule has 0 aliphatic carbocycles. The van der Waals surface area contributed by atoms with Crippen LogP contribution in [0.5, 0.6) is 0 Å². The molecule has 1 saturated heterocycles. The number of benzene rings is 2. The van der Waals surface area contributed by atoms with Crippen molar-refractivity contribution in [3.63, 3.8) is 0 Å². The molecule has 0 saturated carbocycles. The number of ether oxygens (including phenoxy) is 1. The Kier molecular flexibility index (Phi) is 6.18. The van der Waals surface area contributed by atoms with E-state index >= 15 is 0 Å². The largest absolute Gasteiger partial charge is 0.378 e. The number of nitrogens with one attached hydrogen (secondary N) is 2. The van der Waals surface area contributed by atoms with Gasteiger partial charge in [-0.05, 0) is 24.6 Å². The summed E-state index contributed by atoms with van der Waals surface area (Å²) in [6.45, 7) is 4.42. The summed E-state index contributed by atoms with van der Waals surface area (Å²) >= 11 is 0. The number of carbonyl (C=O) groups is 1. The number of nitrogens with zero attached hydrogens (tertiary/aromatic N) is 3. The molecule has 1 aliphatic heterocycles. The molecule has 9 heteroatoms. The van der Waals surface area contributed by atoms with Crippen molar-refractivity contribution in [3.8, 4) is 0 Å². The Labute approximate surface area is 162 Å². The van der Waals surface area contributed by atoms with Crippen LogP contribution >= 0.6 is 0 Å². The van der Waals surface area contributed by atoms with Crippen molar-refractivity contribution >= 4 is 29.3 Å². The standard InChI is InChI=1S/C19H21N5O4/c1-14-4-2-3-5-17(14)21-19(25)22-20-13-15-12-16(24(26)27)6-7-18(15)23-8-10-28-11-9-23/h2-7,12-13H,8-11H2,1H3,(H2,21,22,25). The molecule has 9 nitrogen and oxygen atoms in total. The van der Waals surface area contributed by atoms with Crippen LogP contribution in [0.15, 0.2) is 47.6 Å². The quantitative estimate of drug-likeness (QED) is 0.469. The van der Waals surface area contributed by atoms with Gasteiger partial charge < -0.3 is 15.0 Å². The monoisotopic (exact) mass is 383 g/mol. The molecule has 1 aliphatic rings. The van der Waals surface area contributed by atoms with Crippen molar-refractivity contribution in [3.05, 3.63) is 63.7 Å². The molecule has 2 amide bonds. The van der Waals surface area contributed by atoms with Gasteiger partial charge in [-0.2, -0.15) is 5.10 Å². The lowest BCUT2D eigenvalue weighted by Gasteiger charge is -2.29. The number of morpholine rings is 1. The predicted molar refractivity (Wildman–Crippen MR) is 107 cm³/mol. The Bertz CT molecular complexity index is 894. The second-order valence-corrected chi connectivity index (χ2v) is 6.24. The molecule has 2 N–H and O–H groups in total. The smallest absolute Gasteiger partial charge is 0.339 e. The highest BCUT2D eigenvalue weighted by atomic mass is 16.6. The second-order valence-electron chi connectivity index (χ2n) is 6.24. The van der Waals surface area contributed by atoms with Crippen molar-refractivity contribution in [2.75, 3.05) is 36.5 Å². The van der Waals surface area contributed by atoms with Crippen LogP contribution < -0.4 is 15.6 Å². The lowest BCUT2D eigenvalue weighted by atomic mass is 10.1. The molecule has 0 atom stereocenters. The highest BCUT2D eigenvalue weighted by Crippen LogP contribution is 2.25. The first-order chi connectivity index (χ1) is 13.5. The van der Waals surface area contributed by atoms with Crippen LogP contribution in [0.25, 0.3) is 0 Å². The Morgan fingerprint density at radius 3 is 2.71 bits per heavy atom. The van der Waals surface area contributed by atoms with Crippen LogP contribution in [-0.4, -0.2) is 43.5 Å². The number of aryl methyl sites for hydroxylation is 1. The number of hydrogen-bond acceptors (Lipinski definition) is 6. The van der Waals surface area contributed by atoms with E-state index in [1.54, 1.807) is 12.1 Å². The number of hydrogen-bond donors (Lipinski definition) is 2. The minimum Gasteiger partial charge on any atom is -0.378 e. The number of carbonyl (C=O) groups excluding carboxylic acids is 1. The van der Waals surface area contributed by atoms with Gasteiger partial charge in [0.2, 0.25) is 0 Å². The van der Waals surface area contributed by atoms with E-state index in [4.69, 9.17) is 4.74 Å². The Morgan fingerprint density at radius 1 is 1.25 bits per heavy atom. The number of amides is 2. The molecule has 2 aromatic carbocycles. The van der Waals surface area contributed by atoms with Gasteiger partial charge in [-0.25, -0.2) is 10.2 Å². The van der Waals surface area contributed by atoms with E-state index in [0.29, 0.717) is 37.6 Å². The molecule has 146 valence electrons. The summed E-state index contributed by atoms with van der Waals surface area (Å²) in [5, 5.41) is 17.8. The fraction of sp³-hybridized carbons (Fsp3) is 0.263. The third kappa shape index (κ3) is 4.83. The van der Waals surface area contributed by atoms with Gasteiger partial charge in [0.1, 0.15) is 0 Å². The molecule has 2 aromatic rings. The summed E-state index contributed by atoms with van der Waals surface area (Å²) < 4.78 is 5.35. The van der Waals surface area contributed by atoms with E-state index < -0.39 is 11.0 Å². The van der Waals surface area contributed by atoms with Crippen molar-refractivity contribution < 1.29 is 14.5 Å². The van der Waals surface area contributed by atoms with Crippen LogP contribution in [0.1, 0.15) is 11.1 Å². The first-order valence-corrected chi connectivity index (χ1v) is 8.81.